The van der Waals surface area contributed by atoms with Crippen molar-refractivity contribution in [3.8, 4) is 11.1 Å². The van der Waals surface area contributed by atoms with Gasteiger partial charge >= 0.3 is 6.85 Å². The Kier molecular flexibility index (Phi) is 6.51. The van der Waals surface area contributed by atoms with E-state index in [1.807, 2.05) is 0 Å². The van der Waals surface area contributed by atoms with Gasteiger partial charge in [0.25, 0.3) is 0 Å². The predicted molar refractivity (Wildman–Crippen MR) is 248 cm³/mol. The molecule has 282 valence electrons. The molecule has 0 atom stereocenters. The highest BCUT2D eigenvalue weighted by molar-refractivity contribution is 7.32. The molecule has 6 aromatic carbocycles. The number of hydrogen-bond donors (Lipinski definition) is 0. The smallest absolute Gasteiger partial charge is 0.343 e. The molecule has 0 fully saturated rings. The normalized spacial score (nSPS) is 19.2. The SMILES string of the molecule is Cc1cc2c3c(c1)N(c1ccc4c(c1)C(C)(C)CCC4(C)C)c1c(sc4cc5c(cc14)C(C)(C)CCC5(C)C)B3n1c3ccc4ccccc4c3c3cccc-2c31. The number of para-hydroxylation sites is 1. The van der Waals surface area contributed by atoms with Crippen LogP contribution in [-0.4, -0.2) is 11.3 Å². The average Bonchev–Trinajstić information content (AvgIpc) is 3.73. The van der Waals surface area contributed by atoms with Gasteiger partial charge in [-0.2, -0.15) is 0 Å². The second kappa shape index (κ2) is 10.8. The van der Waals surface area contributed by atoms with E-state index in [1.54, 1.807) is 0 Å². The molecule has 4 aliphatic rings. The summed E-state index contributed by atoms with van der Waals surface area (Å²) in [5.41, 5.74) is 18.8. The zero-order chi connectivity index (χ0) is 39.1. The van der Waals surface area contributed by atoms with E-state index in [0.717, 1.165) is 0 Å². The van der Waals surface area contributed by atoms with E-state index in [4.69, 9.17) is 0 Å². The highest BCUT2D eigenvalue weighted by Crippen LogP contribution is 2.54. The molecule has 8 aromatic rings. The molecular weight excluding hydrogens is 707 g/mol. The molecule has 0 unspecified atom stereocenters. The molecule has 2 aliphatic heterocycles. The van der Waals surface area contributed by atoms with Gasteiger partial charge in [0.15, 0.2) is 0 Å². The molecule has 2 nitrogen and oxygen atoms in total. The monoisotopic (exact) mass is 758 g/mol. The molecule has 12 rings (SSSR count). The van der Waals surface area contributed by atoms with Crippen LogP contribution in [0.3, 0.4) is 0 Å². The number of rotatable bonds is 1. The quantitative estimate of drug-likeness (QED) is 0.151. The van der Waals surface area contributed by atoms with Gasteiger partial charge in [-0.15, -0.1) is 11.3 Å². The summed E-state index contributed by atoms with van der Waals surface area (Å²) in [4.78, 5) is 2.72. The topological polar surface area (TPSA) is 8.17 Å². The fourth-order valence-corrected chi connectivity index (χ4v) is 13.2. The molecule has 0 radical (unpaired) electrons. The van der Waals surface area contributed by atoms with E-state index < -0.39 is 0 Å². The third kappa shape index (κ3) is 4.38. The van der Waals surface area contributed by atoms with Crippen LogP contribution in [-0.2, 0) is 21.7 Å². The van der Waals surface area contributed by atoms with Gasteiger partial charge in [-0.05, 0) is 140 Å². The maximum absolute atomic E-state index is 2.76. The van der Waals surface area contributed by atoms with Gasteiger partial charge in [-0.25, -0.2) is 0 Å². The van der Waals surface area contributed by atoms with Crippen molar-refractivity contribution >= 4 is 88.2 Å². The van der Waals surface area contributed by atoms with Crippen molar-refractivity contribution in [2.75, 3.05) is 4.90 Å². The van der Waals surface area contributed by atoms with Crippen LogP contribution in [0.2, 0.25) is 0 Å². The van der Waals surface area contributed by atoms with Crippen LogP contribution in [0.4, 0.5) is 17.1 Å². The first kappa shape index (κ1) is 34.3. The molecule has 0 amide bonds. The van der Waals surface area contributed by atoms with Crippen molar-refractivity contribution in [3.05, 3.63) is 125 Å². The summed E-state index contributed by atoms with van der Waals surface area (Å²) >= 11 is 2.06. The number of aryl methyl sites for hydroxylation is 1. The minimum absolute atomic E-state index is 0.0568. The maximum atomic E-state index is 2.76. The Morgan fingerprint density at radius 2 is 1.25 bits per heavy atom. The van der Waals surface area contributed by atoms with E-state index in [9.17, 15) is 0 Å². The Bertz CT molecular complexity index is 3110. The Balaban J connectivity index is 1.25. The lowest BCUT2D eigenvalue weighted by atomic mass is 9.48. The van der Waals surface area contributed by atoms with Crippen molar-refractivity contribution in [1.82, 2.24) is 4.48 Å². The molecule has 0 bridgehead atoms. The first-order valence-corrected chi connectivity index (χ1v) is 22.1. The molecule has 0 saturated heterocycles. The van der Waals surface area contributed by atoms with Crippen molar-refractivity contribution in [3.63, 3.8) is 0 Å². The zero-order valence-electron chi connectivity index (χ0n) is 34.9. The second-order valence-electron chi connectivity index (χ2n) is 20.7. The summed E-state index contributed by atoms with van der Waals surface area (Å²) < 4.78 is 5.63. The molecule has 0 spiro atoms. The van der Waals surface area contributed by atoms with E-state index >= 15 is 0 Å². The lowest BCUT2D eigenvalue weighted by molar-refractivity contribution is 0.332. The summed E-state index contributed by atoms with van der Waals surface area (Å²) in [7, 11) is 0. The average molecular weight is 759 g/mol. The molecule has 4 heterocycles. The van der Waals surface area contributed by atoms with Crippen LogP contribution in [0.25, 0.3) is 53.8 Å². The predicted octanol–water partition coefficient (Wildman–Crippen LogP) is 13.6. The lowest BCUT2D eigenvalue weighted by Gasteiger charge is -2.44. The van der Waals surface area contributed by atoms with E-state index in [2.05, 4.69) is 180 Å². The first-order valence-electron chi connectivity index (χ1n) is 21.3. The van der Waals surface area contributed by atoms with Crippen LogP contribution < -0.4 is 15.1 Å². The van der Waals surface area contributed by atoms with Crippen molar-refractivity contribution in [1.29, 1.82) is 0 Å². The minimum Gasteiger partial charge on any atom is -0.375 e. The Morgan fingerprint density at radius 1 is 0.579 bits per heavy atom. The zero-order valence-corrected chi connectivity index (χ0v) is 35.8. The van der Waals surface area contributed by atoms with Crippen molar-refractivity contribution in [2.24, 2.45) is 0 Å². The highest BCUT2D eigenvalue weighted by Gasteiger charge is 2.47. The van der Waals surface area contributed by atoms with Gasteiger partial charge in [-0.1, -0.05) is 116 Å². The van der Waals surface area contributed by atoms with Crippen LogP contribution in [0.1, 0.15) is 109 Å². The van der Waals surface area contributed by atoms with Crippen LogP contribution >= 0.6 is 11.3 Å². The summed E-state index contributed by atoms with van der Waals surface area (Å²) in [5, 5.41) is 6.78. The molecule has 0 saturated carbocycles. The standard InChI is InChI=1S/C53H51BN2S/c1-30-25-36-34-15-12-16-35-45-33-14-11-10-13-31(33)17-20-42(45)56(47(34)35)54-46(36)43(26-30)55(32-18-19-38-39(27-32)51(4,5)22-21-50(38,2)3)48-37-28-40-41(29-44(37)57-49(48)54)53(8,9)24-23-52(40,6)7/h10-20,25-29H,21-24H2,1-9H3. The Morgan fingerprint density at radius 3 is 2.00 bits per heavy atom. The number of aromatic nitrogens is 1. The number of hydrogen-bond acceptors (Lipinski definition) is 2. The molecule has 0 N–H and O–H groups in total. The highest BCUT2D eigenvalue weighted by atomic mass is 32.1. The fraction of sp³-hybridized carbons (Fsp3) is 0.321. The van der Waals surface area contributed by atoms with Gasteiger partial charge in [0.2, 0.25) is 0 Å². The Hall–Kier alpha value is -4.80. The second-order valence-corrected chi connectivity index (χ2v) is 21.8. The van der Waals surface area contributed by atoms with Crippen LogP contribution in [0, 0.1) is 6.92 Å². The van der Waals surface area contributed by atoms with Crippen molar-refractivity contribution < 1.29 is 0 Å². The number of nitrogens with zero attached hydrogens (tertiary/aromatic N) is 2. The molecule has 4 heteroatoms. The molecule has 2 aromatic heterocycles. The molecular formula is C53H51BN2S. The summed E-state index contributed by atoms with van der Waals surface area (Å²) in [6, 6.07) is 38.6. The van der Waals surface area contributed by atoms with Gasteiger partial charge in [0.05, 0.1) is 5.69 Å². The van der Waals surface area contributed by atoms with E-state index in [0.29, 0.717) is 0 Å². The third-order valence-electron chi connectivity index (χ3n) is 15.3. The van der Waals surface area contributed by atoms with Gasteiger partial charge in [0.1, 0.15) is 0 Å². The van der Waals surface area contributed by atoms with Gasteiger partial charge < -0.3 is 9.38 Å². The van der Waals surface area contributed by atoms with E-state index in [-0.39, 0.29) is 28.5 Å². The van der Waals surface area contributed by atoms with E-state index in [1.165, 1.54) is 135 Å². The number of anilines is 3. The Labute approximate surface area is 341 Å². The number of fused-ring (bicyclic) bond motifs is 13. The van der Waals surface area contributed by atoms with Crippen LogP contribution in [0.15, 0.2) is 97.1 Å². The largest absolute Gasteiger partial charge is 0.375 e. The van der Waals surface area contributed by atoms with Crippen LogP contribution in [0.5, 0.6) is 0 Å². The lowest BCUT2D eigenvalue weighted by Crippen LogP contribution is -2.55. The first-order chi connectivity index (χ1) is 27.1. The summed E-state index contributed by atoms with van der Waals surface area (Å²) in [6.45, 7) is 22.1. The molecule has 57 heavy (non-hydrogen) atoms. The number of thiophene rings is 1. The number of benzene rings is 6. The fourth-order valence-electron chi connectivity index (χ4n) is 11.9. The third-order valence-corrected chi connectivity index (χ3v) is 16.5. The van der Waals surface area contributed by atoms with Gasteiger partial charge in [0, 0.05) is 53.6 Å². The van der Waals surface area contributed by atoms with Gasteiger partial charge in [-0.3, -0.25) is 0 Å². The van der Waals surface area contributed by atoms with Crippen molar-refractivity contribution in [2.45, 2.75) is 110 Å². The molecule has 2 aliphatic carbocycles. The summed E-state index contributed by atoms with van der Waals surface area (Å²) in [5.74, 6) is 0. The maximum Gasteiger partial charge on any atom is 0.343 e. The summed E-state index contributed by atoms with van der Waals surface area (Å²) in [6.07, 6.45) is 4.83. The minimum atomic E-state index is 0.0568.